The summed E-state index contributed by atoms with van der Waals surface area (Å²) >= 11 is 5.78. The third-order valence-corrected chi connectivity index (χ3v) is 3.25. The normalized spacial score (nSPS) is 11.9. The highest BCUT2D eigenvalue weighted by molar-refractivity contribution is 7.50. The molecule has 0 fully saturated rings. The third-order valence-electron chi connectivity index (χ3n) is 2.27. The third kappa shape index (κ3) is 2.96. The lowest BCUT2D eigenvalue weighted by Gasteiger charge is -2.07. The molecule has 17 heavy (non-hydrogen) atoms. The Hall–Kier alpha value is -1.13. The van der Waals surface area contributed by atoms with Gasteiger partial charge in [-0.25, -0.2) is 0 Å². The highest BCUT2D eigenvalue weighted by Gasteiger charge is 2.16. The smallest absolute Gasteiger partial charge is 0.324 e. The minimum absolute atomic E-state index is 0.314. The standard InChI is InChI=1S/C10H9ClNO4P/c11-7-1-2-8-6(5-17(14,15)16)3-10(13)12-9(8)4-7/h1-4H,5H2,(H,12,13)(H2,14,15,16). The maximum Gasteiger partial charge on any atom is 0.329 e. The first kappa shape index (κ1) is 12.3. The maximum atomic E-state index is 11.3. The van der Waals surface area contributed by atoms with Crippen molar-refractivity contribution in [1.29, 1.82) is 0 Å². The molecule has 0 amide bonds. The van der Waals surface area contributed by atoms with Gasteiger partial charge in [0.05, 0.1) is 11.7 Å². The van der Waals surface area contributed by atoms with Gasteiger partial charge in [-0.05, 0) is 17.7 Å². The lowest BCUT2D eigenvalue weighted by molar-refractivity contribution is 0.372. The van der Waals surface area contributed by atoms with E-state index < -0.39 is 19.3 Å². The number of pyridine rings is 1. The first-order valence-corrected chi connectivity index (χ1v) is 6.89. The molecule has 2 rings (SSSR count). The fourth-order valence-corrected chi connectivity index (χ4v) is 2.53. The molecule has 0 unspecified atom stereocenters. The van der Waals surface area contributed by atoms with Gasteiger partial charge in [-0.3, -0.25) is 9.36 Å². The topological polar surface area (TPSA) is 90.4 Å². The van der Waals surface area contributed by atoms with Crippen molar-refractivity contribution in [1.82, 2.24) is 4.98 Å². The van der Waals surface area contributed by atoms with E-state index in [9.17, 15) is 9.36 Å². The van der Waals surface area contributed by atoms with E-state index in [2.05, 4.69) is 4.98 Å². The average molecular weight is 274 g/mol. The molecular formula is C10H9ClNO4P. The highest BCUT2D eigenvalue weighted by Crippen LogP contribution is 2.40. The molecule has 0 bridgehead atoms. The number of benzene rings is 1. The summed E-state index contributed by atoms with van der Waals surface area (Å²) in [5.41, 5.74) is 0.366. The summed E-state index contributed by atoms with van der Waals surface area (Å²) in [6.45, 7) is 0. The lowest BCUT2D eigenvalue weighted by Crippen LogP contribution is -2.06. The number of aromatic nitrogens is 1. The van der Waals surface area contributed by atoms with Gasteiger partial charge in [-0.15, -0.1) is 0 Å². The Kier molecular flexibility index (Phi) is 3.10. The summed E-state index contributed by atoms with van der Waals surface area (Å²) in [5.74, 6) is 0. The zero-order chi connectivity index (χ0) is 12.6. The van der Waals surface area contributed by atoms with E-state index in [1.807, 2.05) is 0 Å². The molecule has 1 aromatic carbocycles. The molecule has 7 heteroatoms. The monoisotopic (exact) mass is 273 g/mol. The molecule has 0 saturated carbocycles. The Bertz CT molecular complexity index is 676. The Morgan fingerprint density at radius 3 is 2.65 bits per heavy atom. The Morgan fingerprint density at radius 2 is 2.00 bits per heavy atom. The summed E-state index contributed by atoms with van der Waals surface area (Å²) in [6.07, 6.45) is -0.463. The first-order valence-electron chi connectivity index (χ1n) is 4.71. The van der Waals surface area contributed by atoms with Crippen LogP contribution < -0.4 is 5.56 Å². The molecule has 0 radical (unpaired) electrons. The second-order valence-corrected chi connectivity index (χ2v) is 5.75. The van der Waals surface area contributed by atoms with Crippen molar-refractivity contribution in [3.05, 3.63) is 45.2 Å². The Morgan fingerprint density at radius 1 is 1.29 bits per heavy atom. The van der Waals surface area contributed by atoms with E-state index in [-0.39, 0.29) is 0 Å². The van der Waals surface area contributed by atoms with Crippen molar-refractivity contribution in [3.8, 4) is 0 Å². The predicted molar refractivity (Wildman–Crippen MR) is 65.3 cm³/mol. The zero-order valence-electron chi connectivity index (χ0n) is 8.55. The fraction of sp³-hybridized carbons (Fsp3) is 0.100. The van der Waals surface area contributed by atoms with Gasteiger partial charge in [0.15, 0.2) is 0 Å². The van der Waals surface area contributed by atoms with Crippen LogP contribution in [0.5, 0.6) is 0 Å². The Labute approximate surface area is 101 Å². The largest absolute Gasteiger partial charge is 0.329 e. The molecule has 1 aromatic heterocycles. The van der Waals surface area contributed by atoms with E-state index in [0.717, 1.165) is 0 Å². The van der Waals surface area contributed by atoms with E-state index in [4.69, 9.17) is 21.4 Å². The quantitative estimate of drug-likeness (QED) is 0.729. The van der Waals surface area contributed by atoms with Gasteiger partial charge in [0.1, 0.15) is 0 Å². The zero-order valence-corrected chi connectivity index (χ0v) is 10.2. The van der Waals surface area contributed by atoms with E-state index in [1.54, 1.807) is 18.2 Å². The molecule has 0 aliphatic carbocycles. The van der Waals surface area contributed by atoms with Crippen molar-refractivity contribution in [2.45, 2.75) is 6.16 Å². The molecule has 90 valence electrons. The highest BCUT2D eigenvalue weighted by atomic mass is 35.5. The van der Waals surface area contributed by atoms with Gasteiger partial charge in [-0.2, -0.15) is 0 Å². The molecule has 0 aliphatic heterocycles. The summed E-state index contributed by atoms with van der Waals surface area (Å²) in [6, 6.07) is 5.96. The molecular weight excluding hydrogens is 265 g/mol. The van der Waals surface area contributed by atoms with Crippen LogP contribution in [-0.4, -0.2) is 14.8 Å². The number of halogens is 1. The maximum absolute atomic E-state index is 11.3. The van der Waals surface area contributed by atoms with E-state index in [0.29, 0.717) is 21.5 Å². The lowest BCUT2D eigenvalue weighted by atomic mass is 10.1. The molecule has 0 aliphatic rings. The summed E-state index contributed by atoms with van der Waals surface area (Å²) in [4.78, 5) is 31.8. The Balaban J connectivity index is 2.70. The van der Waals surface area contributed by atoms with Crippen LogP contribution in [0.25, 0.3) is 10.9 Å². The molecule has 0 atom stereocenters. The van der Waals surface area contributed by atoms with Gasteiger partial charge in [-0.1, -0.05) is 17.7 Å². The van der Waals surface area contributed by atoms with Crippen LogP contribution >= 0.6 is 19.2 Å². The summed E-state index contributed by atoms with van der Waals surface area (Å²) in [5, 5.41) is 1.03. The second-order valence-electron chi connectivity index (χ2n) is 3.67. The van der Waals surface area contributed by atoms with E-state index in [1.165, 1.54) is 6.07 Å². The number of fused-ring (bicyclic) bond motifs is 1. The number of aromatic amines is 1. The first-order chi connectivity index (χ1) is 7.85. The van der Waals surface area contributed by atoms with Gasteiger partial charge < -0.3 is 14.8 Å². The van der Waals surface area contributed by atoms with Crippen LogP contribution in [0.3, 0.4) is 0 Å². The van der Waals surface area contributed by atoms with Gasteiger partial charge in [0.2, 0.25) is 5.56 Å². The number of nitrogens with one attached hydrogen (secondary N) is 1. The predicted octanol–water partition coefficient (Wildman–Crippen LogP) is 1.86. The van der Waals surface area contributed by atoms with Crippen molar-refractivity contribution in [2.75, 3.05) is 0 Å². The van der Waals surface area contributed by atoms with Gasteiger partial charge in [0, 0.05) is 16.5 Å². The van der Waals surface area contributed by atoms with Crippen LogP contribution in [0.15, 0.2) is 29.1 Å². The second kappa shape index (κ2) is 4.27. The van der Waals surface area contributed by atoms with Crippen LogP contribution in [0.1, 0.15) is 5.56 Å². The van der Waals surface area contributed by atoms with Crippen LogP contribution in [0.4, 0.5) is 0 Å². The summed E-state index contributed by atoms with van der Waals surface area (Å²) < 4.78 is 11.0. The molecule has 0 spiro atoms. The minimum Gasteiger partial charge on any atom is -0.324 e. The van der Waals surface area contributed by atoms with Crippen LogP contribution in [-0.2, 0) is 10.7 Å². The SMILES string of the molecule is O=c1cc(CP(=O)(O)O)c2ccc(Cl)cc2[nH]1. The molecule has 2 aromatic rings. The van der Waals surface area contributed by atoms with Crippen molar-refractivity contribution < 1.29 is 14.4 Å². The minimum atomic E-state index is -4.21. The molecule has 5 nitrogen and oxygen atoms in total. The van der Waals surface area contributed by atoms with Gasteiger partial charge >= 0.3 is 7.60 Å². The number of rotatable bonds is 2. The fourth-order valence-electron chi connectivity index (χ4n) is 1.66. The van der Waals surface area contributed by atoms with Crippen molar-refractivity contribution in [3.63, 3.8) is 0 Å². The van der Waals surface area contributed by atoms with Crippen molar-refractivity contribution in [2.24, 2.45) is 0 Å². The van der Waals surface area contributed by atoms with Crippen molar-refractivity contribution >= 4 is 30.1 Å². The summed E-state index contributed by atoms with van der Waals surface area (Å²) in [7, 11) is -4.21. The van der Waals surface area contributed by atoms with Crippen LogP contribution in [0.2, 0.25) is 5.02 Å². The average Bonchev–Trinajstić information content (AvgIpc) is 2.13. The van der Waals surface area contributed by atoms with Gasteiger partial charge in [0.25, 0.3) is 0 Å². The number of hydrogen-bond donors (Lipinski definition) is 3. The number of hydrogen-bond acceptors (Lipinski definition) is 2. The number of H-pyrrole nitrogens is 1. The molecule has 1 heterocycles. The van der Waals surface area contributed by atoms with Crippen LogP contribution in [0, 0.1) is 0 Å². The van der Waals surface area contributed by atoms with E-state index >= 15 is 0 Å². The molecule has 0 saturated heterocycles. The molecule has 3 N–H and O–H groups in total.